The number of nitrogens with one attached hydrogen (secondary N) is 1. The van der Waals surface area contributed by atoms with E-state index in [4.69, 9.17) is 0 Å². The van der Waals surface area contributed by atoms with Gasteiger partial charge in [-0.25, -0.2) is 8.42 Å². The van der Waals surface area contributed by atoms with Crippen molar-refractivity contribution in [2.24, 2.45) is 0 Å². The standard InChI is InChI=1S/C21H28N2O3S/c1-6-17-8-10-18(11-9-17)22-21(24)20(7-2)23(27(5,25)26)19-13-15(3)12-16(4)14-19/h8-14,20H,6-7H2,1-5H3,(H,22,24)/t20-/m0/s1. The van der Waals surface area contributed by atoms with Crippen LogP contribution in [0.1, 0.15) is 37.0 Å². The first-order valence-corrected chi connectivity index (χ1v) is 11.0. The first kappa shape index (κ1) is 21.0. The van der Waals surface area contributed by atoms with E-state index in [-0.39, 0.29) is 5.91 Å². The highest BCUT2D eigenvalue weighted by Crippen LogP contribution is 2.26. The quantitative estimate of drug-likeness (QED) is 0.778. The molecule has 146 valence electrons. The molecule has 2 aromatic carbocycles. The van der Waals surface area contributed by atoms with E-state index < -0.39 is 16.1 Å². The number of rotatable bonds is 7. The molecule has 1 amide bonds. The van der Waals surface area contributed by atoms with E-state index in [1.165, 1.54) is 9.87 Å². The maximum Gasteiger partial charge on any atom is 0.248 e. The summed E-state index contributed by atoms with van der Waals surface area (Å²) >= 11 is 0. The molecule has 0 radical (unpaired) electrons. The number of carbonyl (C=O) groups is 1. The average molecular weight is 389 g/mol. The van der Waals surface area contributed by atoms with Gasteiger partial charge in [-0.2, -0.15) is 0 Å². The van der Waals surface area contributed by atoms with Crippen LogP contribution in [0.15, 0.2) is 42.5 Å². The number of carbonyl (C=O) groups excluding carboxylic acids is 1. The third-order valence-electron chi connectivity index (χ3n) is 4.42. The van der Waals surface area contributed by atoms with Crippen molar-refractivity contribution < 1.29 is 13.2 Å². The maximum atomic E-state index is 12.9. The lowest BCUT2D eigenvalue weighted by atomic mass is 10.1. The van der Waals surface area contributed by atoms with Gasteiger partial charge >= 0.3 is 0 Å². The lowest BCUT2D eigenvalue weighted by Crippen LogP contribution is -2.47. The van der Waals surface area contributed by atoms with Crippen molar-refractivity contribution >= 4 is 27.3 Å². The molecular formula is C21H28N2O3S. The van der Waals surface area contributed by atoms with Crippen molar-refractivity contribution in [1.29, 1.82) is 0 Å². The lowest BCUT2D eigenvalue weighted by molar-refractivity contribution is -0.117. The van der Waals surface area contributed by atoms with E-state index in [0.717, 1.165) is 23.8 Å². The van der Waals surface area contributed by atoms with Crippen LogP contribution in [0.2, 0.25) is 0 Å². The van der Waals surface area contributed by atoms with E-state index in [2.05, 4.69) is 12.2 Å². The molecule has 0 spiro atoms. The molecule has 0 saturated heterocycles. The summed E-state index contributed by atoms with van der Waals surface area (Å²) in [6, 6.07) is 12.3. The average Bonchev–Trinajstić information content (AvgIpc) is 2.58. The molecule has 0 bridgehead atoms. The van der Waals surface area contributed by atoms with Crippen molar-refractivity contribution in [2.75, 3.05) is 15.9 Å². The molecule has 5 nitrogen and oxygen atoms in total. The molecule has 0 aliphatic heterocycles. The van der Waals surface area contributed by atoms with Gasteiger partial charge in [0.25, 0.3) is 0 Å². The predicted octanol–water partition coefficient (Wildman–Crippen LogP) is 4.05. The fourth-order valence-electron chi connectivity index (χ4n) is 3.19. The Balaban J connectivity index is 2.37. The summed E-state index contributed by atoms with van der Waals surface area (Å²) in [5, 5.41) is 2.85. The van der Waals surface area contributed by atoms with Crippen LogP contribution in [0.25, 0.3) is 0 Å². The SMILES string of the molecule is CCc1ccc(NC(=O)[C@H](CC)N(c2cc(C)cc(C)c2)S(C)(=O)=O)cc1. The Morgan fingerprint density at radius 1 is 1.04 bits per heavy atom. The van der Waals surface area contributed by atoms with Gasteiger partial charge in [-0.1, -0.05) is 32.0 Å². The molecule has 0 saturated carbocycles. The third kappa shape index (κ3) is 5.32. The van der Waals surface area contributed by atoms with Crippen LogP contribution in [0.4, 0.5) is 11.4 Å². The molecule has 0 aliphatic rings. The van der Waals surface area contributed by atoms with Gasteiger partial charge in [0, 0.05) is 5.69 Å². The van der Waals surface area contributed by atoms with Gasteiger partial charge in [-0.05, 0) is 67.6 Å². The number of anilines is 2. The Hall–Kier alpha value is -2.34. The highest BCUT2D eigenvalue weighted by atomic mass is 32.2. The summed E-state index contributed by atoms with van der Waals surface area (Å²) in [5.74, 6) is -0.341. The Labute approximate surface area is 162 Å². The van der Waals surface area contributed by atoms with Crippen LogP contribution in [-0.2, 0) is 21.2 Å². The second kappa shape index (κ2) is 8.57. The van der Waals surface area contributed by atoms with Crippen LogP contribution in [0, 0.1) is 13.8 Å². The molecule has 0 unspecified atom stereocenters. The van der Waals surface area contributed by atoms with Crippen LogP contribution in [0.5, 0.6) is 0 Å². The zero-order chi connectivity index (χ0) is 20.2. The first-order valence-electron chi connectivity index (χ1n) is 9.13. The number of hydrogen-bond acceptors (Lipinski definition) is 3. The second-order valence-corrected chi connectivity index (χ2v) is 8.73. The van der Waals surface area contributed by atoms with Crippen LogP contribution >= 0.6 is 0 Å². The van der Waals surface area contributed by atoms with Gasteiger partial charge in [0.2, 0.25) is 15.9 Å². The normalized spacial score (nSPS) is 12.5. The lowest BCUT2D eigenvalue weighted by Gasteiger charge is -2.30. The highest BCUT2D eigenvalue weighted by molar-refractivity contribution is 7.92. The van der Waals surface area contributed by atoms with Crippen LogP contribution in [0.3, 0.4) is 0 Å². The number of hydrogen-bond donors (Lipinski definition) is 1. The molecule has 27 heavy (non-hydrogen) atoms. The minimum absolute atomic E-state index is 0.341. The molecular weight excluding hydrogens is 360 g/mol. The molecule has 2 rings (SSSR count). The number of sulfonamides is 1. The number of aryl methyl sites for hydroxylation is 3. The third-order valence-corrected chi connectivity index (χ3v) is 5.60. The van der Waals surface area contributed by atoms with E-state index in [9.17, 15) is 13.2 Å². The first-order chi connectivity index (χ1) is 12.7. The molecule has 6 heteroatoms. The molecule has 0 fully saturated rings. The number of amides is 1. The minimum Gasteiger partial charge on any atom is -0.324 e. The van der Waals surface area contributed by atoms with Gasteiger partial charge < -0.3 is 5.32 Å². The molecule has 1 N–H and O–H groups in total. The summed E-state index contributed by atoms with van der Waals surface area (Å²) in [6.45, 7) is 7.69. The maximum absolute atomic E-state index is 12.9. The van der Waals surface area contributed by atoms with Crippen LogP contribution < -0.4 is 9.62 Å². The molecule has 0 heterocycles. The fourth-order valence-corrected chi connectivity index (χ4v) is 4.38. The van der Waals surface area contributed by atoms with Gasteiger partial charge in [0.1, 0.15) is 6.04 Å². The largest absolute Gasteiger partial charge is 0.324 e. The Morgan fingerprint density at radius 3 is 2.04 bits per heavy atom. The van der Waals surface area contributed by atoms with Crippen LogP contribution in [-0.4, -0.2) is 26.6 Å². The van der Waals surface area contributed by atoms with Gasteiger partial charge in [-0.3, -0.25) is 9.10 Å². The molecule has 1 atom stereocenters. The summed E-state index contributed by atoms with van der Waals surface area (Å²) in [6.07, 6.45) is 2.41. The Morgan fingerprint density at radius 2 is 1.59 bits per heavy atom. The summed E-state index contributed by atoms with van der Waals surface area (Å²) in [7, 11) is -3.64. The number of nitrogens with zero attached hydrogens (tertiary/aromatic N) is 1. The monoisotopic (exact) mass is 388 g/mol. The van der Waals surface area contributed by atoms with E-state index in [0.29, 0.717) is 17.8 Å². The van der Waals surface area contributed by atoms with E-state index >= 15 is 0 Å². The molecule has 0 aromatic heterocycles. The van der Waals surface area contributed by atoms with E-state index in [1.54, 1.807) is 12.1 Å². The topological polar surface area (TPSA) is 66.5 Å². The summed E-state index contributed by atoms with van der Waals surface area (Å²) in [4.78, 5) is 12.9. The van der Waals surface area contributed by atoms with Gasteiger partial charge in [0.05, 0.1) is 11.9 Å². The zero-order valence-electron chi connectivity index (χ0n) is 16.6. The fraction of sp³-hybridized carbons (Fsp3) is 0.381. The predicted molar refractivity (Wildman–Crippen MR) is 112 cm³/mol. The summed E-state index contributed by atoms with van der Waals surface area (Å²) < 4.78 is 26.3. The smallest absolute Gasteiger partial charge is 0.248 e. The van der Waals surface area contributed by atoms with Gasteiger partial charge in [0.15, 0.2) is 0 Å². The second-order valence-electron chi connectivity index (χ2n) is 6.87. The minimum atomic E-state index is -3.64. The summed E-state index contributed by atoms with van der Waals surface area (Å²) in [5.41, 5.74) is 4.24. The van der Waals surface area contributed by atoms with Crippen molar-refractivity contribution in [2.45, 2.75) is 46.6 Å². The van der Waals surface area contributed by atoms with Gasteiger partial charge in [-0.15, -0.1) is 0 Å². The van der Waals surface area contributed by atoms with E-state index in [1.807, 2.05) is 51.1 Å². The van der Waals surface area contributed by atoms with Crippen molar-refractivity contribution in [3.8, 4) is 0 Å². The molecule has 0 aliphatic carbocycles. The Kier molecular flexibility index (Phi) is 6.65. The number of benzene rings is 2. The highest BCUT2D eigenvalue weighted by Gasteiger charge is 2.31. The van der Waals surface area contributed by atoms with Crippen molar-refractivity contribution in [1.82, 2.24) is 0 Å². The zero-order valence-corrected chi connectivity index (χ0v) is 17.4. The van der Waals surface area contributed by atoms with Crippen molar-refractivity contribution in [3.05, 3.63) is 59.2 Å². The molecule has 2 aromatic rings. The van der Waals surface area contributed by atoms with Crippen molar-refractivity contribution in [3.63, 3.8) is 0 Å². The Bertz CT molecular complexity index is 885.